The van der Waals surface area contributed by atoms with E-state index < -0.39 is 0 Å². The van der Waals surface area contributed by atoms with E-state index in [2.05, 4.69) is 4.98 Å². The third-order valence-corrected chi connectivity index (χ3v) is 3.32. The van der Waals surface area contributed by atoms with Gasteiger partial charge >= 0.3 is 0 Å². The lowest BCUT2D eigenvalue weighted by Crippen LogP contribution is -2.13. The van der Waals surface area contributed by atoms with E-state index in [1.807, 2.05) is 24.3 Å². The molecule has 0 aliphatic rings. The highest BCUT2D eigenvalue weighted by Gasteiger charge is 2.08. The van der Waals surface area contributed by atoms with Crippen molar-refractivity contribution in [2.45, 2.75) is 18.9 Å². The van der Waals surface area contributed by atoms with E-state index in [4.69, 9.17) is 11.6 Å². The first-order chi connectivity index (χ1) is 7.74. The molecule has 2 nitrogen and oxygen atoms in total. The molecule has 0 radical (unpaired) electrons. The second-order valence-corrected chi connectivity index (χ2v) is 5.07. The molecule has 1 aromatic heterocycles. The maximum atomic E-state index is 9.90. The van der Waals surface area contributed by atoms with Gasteiger partial charge in [0.1, 0.15) is 0 Å². The van der Waals surface area contributed by atoms with Crippen LogP contribution >= 0.6 is 22.9 Å². The number of halogens is 1. The SMILES string of the molecule is OC(Cc1cccc(Cl)c1)Cc1cncs1. The lowest BCUT2D eigenvalue weighted by molar-refractivity contribution is 0.176. The maximum Gasteiger partial charge on any atom is 0.0794 e. The van der Waals surface area contributed by atoms with E-state index >= 15 is 0 Å². The summed E-state index contributed by atoms with van der Waals surface area (Å²) in [5.74, 6) is 0. The van der Waals surface area contributed by atoms with Crippen LogP contribution in [0.3, 0.4) is 0 Å². The summed E-state index contributed by atoms with van der Waals surface area (Å²) < 4.78 is 0. The van der Waals surface area contributed by atoms with Crippen molar-refractivity contribution in [1.29, 1.82) is 0 Å². The van der Waals surface area contributed by atoms with Crippen LogP contribution in [0.1, 0.15) is 10.4 Å². The molecule has 0 saturated heterocycles. The minimum atomic E-state index is -0.376. The monoisotopic (exact) mass is 253 g/mol. The van der Waals surface area contributed by atoms with Crippen molar-refractivity contribution in [2.75, 3.05) is 0 Å². The number of nitrogens with zero attached hydrogens (tertiary/aromatic N) is 1. The Kier molecular flexibility index (Phi) is 3.93. The van der Waals surface area contributed by atoms with Gasteiger partial charge in [0.25, 0.3) is 0 Å². The lowest BCUT2D eigenvalue weighted by atomic mass is 10.1. The Labute approximate surface area is 104 Å². The fourth-order valence-electron chi connectivity index (χ4n) is 1.58. The molecule has 0 aliphatic heterocycles. The summed E-state index contributed by atoms with van der Waals surface area (Å²) in [6.45, 7) is 0. The number of aliphatic hydroxyl groups excluding tert-OH is 1. The highest BCUT2D eigenvalue weighted by molar-refractivity contribution is 7.09. The molecular weight excluding hydrogens is 242 g/mol. The predicted octanol–water partition coefficient (Wildman–Crippen LogP) is 2.94. The standard InChI is InChI=1S/C12H12ClNOS/c13-10-3-1-2-9(4-10)5-11(15)6-12-7-14-8-16-12/h1-4,7-8,11,15H,5-6H2. The number of hydrogen-bond donors (Lipinski definition) is 1. The van der Waals surface area contributed by atoms with Gasteiger partial charge in [0.15, 0.2) is 0 Å². The van der Waals surface area contributed by atoms with Crippen molar-refractivity contribution in [2.24, 2.45) is 0 Å². The van der Waals surface area contributed by atoms with Gasteiger partial charge in [0.2, 0.25) is 0 Å². The van der Waals surface area contributed by atoms with Crippen molar-refractivity contribution < 1.29 is 5.11 Å². The van der Waals surface area contributed by atoms with Crippen LogP contribution in [-0.2, 0) is 12.8 Å². The summed E-state index contributed by atoms with van der Waals surface area (Å²) in [7, 11) is 0. The van der Waals surface area contributed by atoms with Gasteiger partial charge in [-0.05, 0) is 24.1 Å². The average Bonchev–Trinajstić information content (AvgIpc) is 2.70. The van der Waals surface area contributed by atoms with Gasteiger partial charge in [0.05, 0.1) is 11.6 Å². The quantitative estimate of drug-likeness (QED) is 0.909. The first-order valence-corrected chi connectivity index (χ1v) is 6.29. The van der Waals surface area contributed by atoms with Crippen LogP contribution < -0.4 is 0 Å². The number of thiazole rings is 1. The van der Waals surface area contributed by atoms with Gasteiger partial charge in [0, 0.05) is 22.5 Å². The minimum Gasteiger partial charge on any atom is -0.392 e. The Bertz CT molecular complexity index is 444. The zero-order valence-electron chi connectivity index (χ0n) is 8.64. The number of benzene rings is 1. The van der Waals surface area contributed by atoms with Crippen molar-refractivity contribution in [3.63, 3.8) is 0 Å². The average molecular weight is 254 g/mol. The molecule has 1 atom stereocenters. The molecule has 0 bridgehead atoms. The van der Waals surface area contributed by atoms with Crippen LogP contribution in [0, 0.1) is 0 Å². The Morgan fingerprint density at radius 1 is 1.38 bits per heavy atom. The zero-order chi connectivity index (χ0) is 11.4. The normalized spacial score (nSPS) is 12.6. The third-order valence-electron chi connectivity index (χ3n) is 2.28. The largest absolute Gasteiger partial charge is 0.392 e. The third kappa shape index (κ3) is 3.30. The van der Waals surface area contributed by atoms with E-state index in [0.29, 0.717) is 17.9 Å². The predicted molar refractivity (Wildman–Crippen MR) is 67.0 cm³/mol. The fraction of sp³-hybridized carbons (Fsp3) is 0.250. The van der Waals surface area contributed by atoms with Crippen LogP contribution in [0.2, 0.25) is 5.02 Å². The summed E-state index contributed by atoms with van der Waals surface area (Å²) in [6.07, 6.45) is 2.69. The van der Waals surface area contributed by atoms with Gasteiger partial charge in [-0.1, -0.05) is 23.7 Å². The topological polar surface area (TPSA) is 33.1 Å². The first kappa shape index (κ1) is 11.6. The highest BCUT2D eigenvalue weighted by Crippen LogP contribution is 2.15. The van der Waals surface area contributed by atoms with Gasteiger partial charge in [-0.25, -0.2) is 0 Å². The van der Waals surface area contributed by atoms with Gasteiger partial charge in [-0.2, -0.15) is 0 Å². The fourth-order valence-corrected chi connectivity index (χ4v) is 2.46. The van der Waals surface area contributed by atoms with Crippen LogP contribution in [0.4, 0.5) is 0 Å². The Balaban J connectivity index is 1.94. The van der Waals surface area contributed by atoms with E-state index in [9.17, 15) is 5.11 Å². The summed E-state index contributed by atoms with van der Waals surface area (Å²) in [4.78, 5) is 5.09. The van der Waals surface area contributed by atoms with Gasteiger partial charge in [-0.3, -0.25) is 4.98 Å². The second-order valence-electron chi connectivity index (χ2n) is 3.66. The second kappa shape index (κ2) is 5.43. The summed E-state index contributed by atoms with van der Waals surface area (Å²) in [6, 6.07) is 7.59. The molecule has 1 heterocycles. The van der Waals surface area contributed by atoms with Crippen LogP contribution in [0.5, 0.6) is 0 Å². The minimum absolute atomic E-state index is 0.376. The molecule has 0 spiro atoms. The molecule has 84 valence electrons. The maximum absolute atomic E-state index is 9.90. The first-order valence-electron chi connectivity index (χ1n) is 5.04. The number of hydrogen-bond acceptors (Lipinski definition) is 3. The summed E-state index contributed by atoms with van der Waals surface area (Å²) >= 11 is 7.45. The molecule has 1 aromatic carbocycles. The molecule has 0 aliphatic carbocycles. The Morgan fingerprint density at radius 2 is 2.25 bits per heavy atom. The van der Waals surface area contributed by atoms with Gasteiger partial charge in [-0.15, -0.1) is 11.3 Å². The number of rotatable bonds is 4. The Hall–Kier alpha value is -0.900. The molecule has 16 heavy (non-hydrogen) atoms. The summed E-state index contributed by atoms with van der Waals surface area (Å²) in [5.41, 5.74) is 2.84. The molecular formula is C12H12ClNOS. The van der Waals surface area contributed by atoms with E-state index in [1.165, 1.54) is 0 Å². The zero-order valence-corrected chi connectivity index (χ0v) is 10.2. The summed E-state index contributed by atoms with van der Waals surface area (Å²) in [5, 5.41) is 10.6. The molecule has 2 rings (SSSR count). The highest BCUT2D eigenvalue weighted by atomic mass is 35.5. The van der Waals surface area contributed by atoms with Crippen LogP contribution in [0.25, 0.3) is 0 Å². The van der Waals surface area contributed by atoms with E-state index in [-0.39, 0.29) is 6.10 Å². The molecule has 0 saturated carbocycles. The van der Waals surface area contributed by atoms with Crippen molar-refractivity contribution in [1.82, 2.24) is 4.98 Å². The number of aromatic nitrogens is 1. The smallest absolute Gasteiger partial charge is 0.0794 e. The van der Waals surface area contributed by atoms with Crippen molar-refractivity contribution in [3.05, 3.63) is 51.4 Å². The molecule has 4 heteroatoms. The van der Waals surface area contributed by atoms with Crippen molar-refractivity contribution in [3.8, 4) is 0 Å². The molecule has 0 fully saturated rings. The number of aliphatic hydroxyl groups is 1. The van der Waals surface area contributed by atoms with E-state index in [1.54, 1.807) is 23.0 Å². The molecule has 1 unspecified atom stereocenters. The molecule has 0 amide bonds. The Morgan fingerprint density at radius 3 is 2.94 bits per heavy atom. The van der Waals surface area contributed by atoms with Crippen LogP contribution in [-0.4, -0.2) is 16.2 Å². The molecule has 1 N–H and O–H groups in total. The lowest BCUT2D eigenvalue weighted by Gasteiger charge is -2.09. The molecule has 2 aromatic rings. The van der Waals surface area contributed by atoms with E-state index in [0.717, 1.165) is 10.4 Å². The van der Waals surface area contributed by atoms with Crippen LogP contribution in [0.15, 0.2) is 36.0 Å². The van der Waals surface area contributed by atoms with Gasteiger partial charge < -0.3 is 5.11 Å². The van der Waals surface area contributed by atoms with Crippen molar-refractivity contribution >= 4 is 22.9 Å².